The van der Waals surface area contributed by atoms with Gasteiger partial charge in [0.15, 0.2) is 4.77 Å². The van der Waals surface area contributed by atoms with Gasteiger partial charge in [-0.15, -0.1) is 0 Å². The summed E-state index contributed by atoms with van der Waals surface area (Å²) >= 11 is 4.93. The summed E-state index contributed by atoms with van der Waals surface area (Å²) in [5, 5.41) is 0. The van der Waals surface area contributed by atoms with Crippen molar-refractivity contribution in [3.8, 4) is 0 Å². The van der Waals surface area contributed by atoms with Gasteiger partial charge in [-0.2, -0.15) is 0 Å². The van der Waals surface area contributed by atoms with Crippen LogP contribution < -0.4 is 5.73 Å². The lowest BCUT2D eigenvalue weighted by molar-refractivity contribution is 0.941. The van der Waals surface area contributed by atoms with Gasteiger partial charge in [0.1, 0.15) is 0 Å². The summed E-state index contributed by atoms with van der Waals surface area (Å²) < 4.78 is 0.581. The van der Waals surface area contributed by atoms with Crippen molar-refractivity contribution in [1.82, 2.24) is 9.97 Å². The summed E-state index contributed by atoms with van der Waals surface area (Å²) in [6.45, 7) is 6.15. The van der Waals surface area contributed by atoms with Crippen LogP contribution in [0, 0.1) is 18.6 Å². The fourth-order valence-electron chi connectivity index (χ4n) is 1.73. The Labute approximate surface area is 113 Å². The molecule has 2 aromatic rings. The van der Waals surface area contributed by atoms with E-state index in [0.717, 1.165) is 23.5 Å². The molecule has 0 unspecified atom stereocenters. The first-order valence-electron chi connectivity index (χ1n) is 5.91. The number of nitrogens with two attached hydrogens (primary N) is 1. The van der Waals surface area contributed by atoms with E-state index < -0.39 is 0 Å². The predicted octanol–water partition coefficient (Wildman–Crippen LogP) is 3.59. The molecule has 4 heteroatoms. The fraction of sp³-hybridized carbons (Fsp3) is 0.286. The smallest absolute Gasteiger partial charge is 0.197 e. The highest BCUT2D eigenvalue weighted by molar-refractivity contribution is 7.71. The Morgan fingerprint density at radius 1 is 1.22 bits per heavy atom. The summed E-state index contributed by atoms with van der Waals surface area (Å²) in [4.78, 5) is 7.20. The largest absolute Gasteiger partial charge is 0.399 e. The Bertz CT molecular complexity index is 520. The molecule has 0 bridgehead atoms. The SMILES string of the molecule is CCc1c(C)nc(=S)[nH]c1C.Nc1ccccc1. The maximum Gasteiger partial charge on any atom is 0.197 e. The van der Waals surface area contributed by atoms with Crippen molar-refractivity contribution in [1.29, 1.82) is 0 Å². The lowest BCUT2D eigenvalue weighted by Crippen LogP contribution is -1.98. The quantitative estimate of drug-likeness (QED) is 0.609. The van der Waals surface area contributed by atoms with Gasteiger partial charge >= 0.3 is 0 Å². The van der Waals surface area contributed by atoms with Crippen LogP contribution in [0.3, 0.4) is 0 Å². The topological polar surface area (TPSA) is 54.7 Å². The molecule has 0 radical (unpaired) electrons. The van der Waals surface area contributed by atoms with E-state index >= 15 is 0 Å². The molecule has 96 valence electrons. The maximum atomic E-state index is 5.36. The van der Waals surface area contributed by atoms with Crippen molar-refractivity contribution in [2.45, 2.75) is 27.2 Å². The predicted molar refractivity (Wildman–Crippen MR) is 79.1 cm³/mol. The number of aromatic nitrogens is 2. The summed E-state index contributed by atoms with van der Waals surface area (Å²) in [6, 6.07) is 9.49. The van der Waals surface area contributed by atoms with E-state index in [4.69, 9.17) is 18.0 Å². The van der Waals surface area contributed by atoms with E-state index in [9.17, 15) is 0 Å². The number of aromatic amines is 1. The fourth-order valence-corrected chi connectivity index (χ4v) is 2.02. The van der Waals surface area contributed by atoms with Crippen LogP contribution in [-0.2, 0) is 6.42 Å². The van der Waals surface area contributed by atoms with Crippen molar-refractivity contribution in [3.63, 3.8) is 0 Å². The molecule has 0 spiro atoms. The Kier molecular flexibility index (Phi) is 5.52. The molecule has 0 saturated carbocycles. The van der Waals surface area contributed by atoms with Crippen molar-refractivity contribution in [2.24, 2.45) is 0 Å². The van der Waals surface area contributed by atoms with Gasteiger partial charge < -0.3 is 10.7 Å². The first-order chi connectivity index (χ1) is 8.54. The first-order valence-corrected chi connectivity index (χ1v) is 6.32. The lowest BCUT2D eigenvalue weighted by atomic mass is 10.1. The molecule has 2 rings (SSSR count). The number of benzene rings is 1. The standard InChI is InChI=1S/C8H12N2S.C6H7N/c1-4-7-5(2)9-8(11)10-6(7)3;7-6-4-2-1-3-5-6/h4H2,1-3H3,(H,9,10,11);1-5H,7H2. The third kappa shape index (κ3) is 4.30. The Balaban J connectivity index is 0.000000199. The highest BCUT2D eigenvalue weighted by atomic mass is 32.1. The normalized spacial score (nSPS) is 9.50. The highest BCUT2D eigenvalue weighted by Crippen LogP contribution is 2.08. The number of anilines is 1. The molecular formula is C14H19N3S. The van der Waals surface area contributed by atoms with Crippen LogP contribution in [0.1, 0.15) is 23.9 Å². The van der Waals surface area contributed by atoms with Gasteiger partial charge in [0.2, 0.25) is 0 Å². The monoisotopic (exact) mass is 261 g/mol. The second-order valence-electron chi connectivity index (χ2n) is 4.00. The van der Waals surface area contributed by atoms with Gasteiger partial charge in [0, 0.05) is 17.1 Å². The molecule has 3 nitrogen and oxygen atoms in total. The number of H-pyrrole nitrogens is 1. The average molecular weight is 261 g/mol. The van der Waals surface area contributed by atoms with Gasteiger partial charge in [-0.3, -0.25) is 0 Å². The highest BCUT2D eigenvalue weighted by Gasteiger charge is 2.00. The molecule has 0 aliphatic rings. The van der Waals surface area contributed by atoms with E-state index in [1.54, 1.807) is 0 Å². The molecule has 3 N–H and O–H groups in total. The molecule has 0 aliphatic carbocycles. The third-order valence-corrected chi connectivity index (χ3v) is 2.80. The van der Waals surface area contributed by atoms with E-state index in [1.807, 2.05) is 44.2 Å². The van der Waals surface area contributed by atoms with Crippen molar-refractivity contribution in [3.05, 3.63) is 52.1 Å². The van der Waals surface area contributed by atoms with Crippen LogP contribution in [-0.4, -0.2) is 9.97 Å². The van der Waals surface area contributed by atoms with Crippen LogP contribution in [0.4, 0.5) is 5.69 Å². The van der Waals surface area contributed by atoms with Gasteiger partial charge in [-0.05, 0) is 50.2 Å². The average Bonchev–Trinajstić information content (AvgIpc) is 2.30. The molecule has 0 saturated heterocycles. The minimum Gasteiger partial charge on any atom is -0.399 e. The van der Waals surface area contributed by atoms with E-state index in [2.05, 4.69) is 16.9 Å². The van der Waals surface area contributed by atoms with Gasteiger partial charge in [0.25, 0.3) is 0 Å². The molecule has 0 atom stereocenters. The molecule has 0 aliphatic heterocycles. The van der Waals surface area contributed by atoms with E-state index in [0.29, 0.717) is 4.77 Å². The second-order valence-corrected chi connectivity index (χ2v) is 4.38. The number of para-hydroxylation sites is 1. The Morgan fingerprint density at radius 2 is 1.83 bits per heavy atom. The first kappa shape index (κ1) is 14.4. The number of hydrogen-bond acceptors (Lipinski definition) is 3. The molecule has 0 fully saturated rings. The number of rotatable bonds is 1. The lowest BCUT2D eigenvalue weighted by Gasteiger charge is -2.04. The van der Waals surface area contributed by atoms with Gasteiger partial charge in [-0.25, -0.2) is 4.98 Å². The number of hydrogen-bond donors (Lipinski definition) is 2. The molecule has 18 heavy (non-hydrogen) atoms. The third-order valence-electron chi connectivity index (χ3n) is 2.61. The summed E-state index contributed by atoms with van der Waals surface area (Å²) in [6.07, 6.45) is 1.01. The zero-order chi connectivity index (χ0) is 13.5. The molecule has 0 amide bonds. The summed E-state index contributed by atoms with van der Waals surface area (Å²) in [5.74, 6) is 0. The number of nitrogens with zero attached hydrogens (tertiary/aromatic N) is 1. The van der Waals surface area contributed by atoms with Crippen LogP contribution in [0.15, 0.2) is 30.3 Å². The minimum absolute atomic E-state index is 0.581. The summed E-state index contributed by atoms with van der Waals surface area (Å²) in [7, 11) is 0. The van der Waals surface area contributed by atoms with Gasteiger partial charge in [-0.1, -0.05) is 25.1 Å². The van der Waals surface area contributed by atoms with Crippen LogP contribution in [0.2, 0.25) is 0 Å². The van der Waals surface area contributed by atoms with Crippen LogP contribution in [0.25, 0.3) is 0 Å². The summed E-state index contributed by atoms with van der Waals surface area (Å²) in [5.41, 5.74) is 9.65. The van der Waals surface area contributed by atoms with Crippen molar-refractivity contribution in [2.75, 3.05) is 5.73 Å². The Morgan fingerprint density at radius 3 is 2.22 bits per heavy atom. The number of aryl methyl sites for hydroxylation is 2. The molecular weight excluding hydrogens is 242 g/mol. The number of nitrogens with one attached hydrogen (secondary N) is 1. The van der Waals surface area contributed by atoms with E-state index in [-0.39, 0.29) is 0 Å². The molecule has 1 aromatic heterocycles. The zero-order valence-electron chi connectivity index (χ0n) is 11.0. The maximum absolute atomic E-state index is 5.36. The van der Waals surface area contributed by atoms with Crippen molar-refractivity contribution >= 4 is 17.9 Å². The second kappa shape index (κ2) is 6.91. The van der Waals surface area contributed by atoms with Crippen molar-refractivity contribution < 1.29 is 0 Å². The van der Waals surface area contributed by atoms with Gasteiger partial charge in [0.05, 0.1) is 0 Å². The van der Waals surface area contributed by atoms with Crippen LogP contribution >= 0.6 is 12.2 Å². The van der Waals surface area contributed by atoms with E-state index in [1.165, 1.54) is 5.56 Å². The zero-order valence-corrected chi connectivity index (χ0v) is 11.8. The number of nitrogen functional groups attached to an aromatic ring is 1. The van der Waals surface area contributed by atoms with Crippen LogP contribution in [0.5, 0.6) is 0 Å². The minimum atomic E-state index is 0.581. The molecule has 1 aromatic carbocycles. The Hall–Kier alpha value is -1.68. The molecule has 1 heterocycles.